The predicted octanol–water partition coefficient (Wildman–Crippen LogP) is 3.66. The van der Waals surface area contributed by atoms with Gasteiger partial charge in [0.05, 0.1) is 22.7 Å². The number of rotatable bonds is 4. The molecule has 7 heteroatoms. The normalized spacial score (nSPS) is 15.4. The van der Waals surface area contributed by atoms with Crippen LogP contribution >= 0.6 is 11.6 Å². The van der Waals surface area contributed by atoms with Crippen LogP contribution in [0.4, 0.5) is 17.6 Å². The fraction of sp³-hybridized carbons (Fsp3) is 0.500. The molecule has 0 fully saturated rings. The summed E-state index contributed by atoms with van der Waals surface area (Å²) >= 11 is 5.48. The molecule has 0 aliphatic carbocycles. The zero-order valence-electron chi connectivity index (χ0n) is 10.1. The van der Waals surface area contributed by atoms with Crippen LogP contribution in [0.2, 0.25) is 5.02 Å². The summed E-state index contributed by atoms with van der Waals surface area (Å²) in [5, 5.41) is 9.22. The summed E-state index contributed by atoms with van der Waals surface area (Å²) in [6, 6.07) is 0.0109. The SMILES string of the molecule is CCC[C@H](O)[C@H](N)c1c(C(F)(F)F)ccc(Cl)c1F. The average molecular weight is 300 g/mol. The Morgan fingerprint density at radius 3 is 2.42 bits per heavy atom. The molecule has 19 heavy (non-hydrogen) atoms. The number of hydrogen-bond acceptors (Lipinski definition) is 2. The third-order valence-corrected chi connectivity index (χ3v) is 3.06. The standard InChI is InChI=1S/C12H14ClF4NO/c1-2-3-8(19)11(18)9-6(12(15,16)17)4-5-7(13)10(9)14/h4-5,8,11,19H,2-3,18H2,1H3/t8-,11-/m0/s1. The van der Waals surface area contributed by atoms with E-state index >= 15 is 0 Å². The van der Waals surface area contributed by atoms with Crippen molar-refractivity contribution in [1.29, 1.82) is 0 Å². The van der Waals surface area contributed by atoms with Gasteiger partial charge < -0.3 is 10.8 Å². The molecule has 0 bridgehead atoms. The van der Waals surface area contributed by atoms with Crippen LogP contribution in [0, 0.1) is 5.82 Å². The number of benzene rings is 1. The summed E-state index contributed by atoms with van der Waals surface area (Å²) in [7, 11) is 0. The van der Waals surface area contributed by atoms with Gasteiger partial charge in [-0.2, -0.15) is 13.2 Å². The van der Waals surface area contributed by atoms with Gasteiger partial charge in [-0.1, -0.05) is 24.9 Å². The fourth-order valence-electron chi connectivity index (χ4n) is 1.81. The highest BCUT2D eigenvalue weighted by Gasteiger charge is 2.38. The van der Waals surface area contributed by atoms with E-state index in [1.165, 1.54) is 0 Å². The Labute approximate surface area is 113 Å². The molecule has 0 saturated heterocycles. The van der Waals surface area contributed by atoms with Gasteiger partial charge in [-0.3, -0.25) is 0 Å². The van der Waals surface area contributed by atoms with Crippen LogP contribution in [0.3, 0.4) is 0 Å². The van der Waals surface area contributed by atoms with Gasteiger partial charge in [-0.05, 0) is 18.6 Å². The first-order valence-electron chi connectivity index (χ1n) is 5.68. The van der Waals surface area contributed by atoms with Gasteiger partial charge in [0.25, 0.3) is 0 Å². The Bertz CT molecular complexity index is 450. The quantitative estimate of drug-likeness (QED) is 0.834. The molecule has 0 aliphatic heterocycles. The number of aliphatic hydroxyl groups excluding tert-OH is 1. The van der Waals surface area contributed by atoms with Gasteiger partial charge in [0.1, 0.15) is 5.82 Å². The van der Waals surface area contributed by atoms with E-state index < -0.39 is 40.3 Å². The maximum absolute atomic E-state index is 13.8. The number of halogens is 5. The number of nitrogens with two attached hydrogens (primary N) is 1. The van der Waals surface area contributed by atoms with Crippen LogP contribution in [-0.2, 0) is 6.18 Å². The largest absolute Gasteiger partial charge is 0.416 e. The molecular weight excluding hydrogens is 286 g/mol. The summed E-state index contributed by atoms with van der Waals surface area (Å²) in [6.45, 7) is 1.73. The van der Waals surface area contributed by atoms with Crippen molar-refractivity contribution in [3.63, 3.8) is 0 Å². The molecular formula is C12H14ClF4NO. The van der Waals surface area contributed by atoms with Crippen molar-refractivity contribution in [1.82, 2.24) is 0 Å². The van der Waals surface area contributed by atoms with Crippen LogP contribution in [-0.4, -0.2) is 11.2 Å². The van der Waals surface area contributed by atoms with E-state index in [2.05, 4.69) is 0 Å². The molecule has 0 aromatic heterocycles. The van der Waals surface area contributed by atoms with Crippen LogP contribution in [0.1, 0.15) is 36.9 Å². The number of alkyl halides is 3. The lowest BCUT2D eigenvalue weighted by atomic mass is 9.94. The van der Waals surface area contributed by atoms with Crippen molar-refractivity contribution in [2.75, 3.05) is 0 Å². The zero-order valence-corrected chi connectivity index (χ0v) is 10.9. The van der Waals surface area contributed by atoms with Crippen molar-refractivity contribution in [2.45, 2.75) is 38.1 Å². The molecule has 2 nitrogen and oxygen atoms in total. The first kappa shape index (κ1) is 16.2. The van der Waals surface area contributed by atoms with Gasteiger partial charge in [0, 0.05) is 5.56 Å². The van der Waals surface area contributed by atoms with E-state index in [0.29, 0.717) is 12.5 Å². The van der Waals surface area contributed by atoms with Crippen molar-refractivity contribution >= 4 is 11.6 Å². The molecule has 3 N–H and O–H groups in total. The molecule has 0 heterocycles. The molecule has 0 unspecified atom stereocenters. The molecule has 0 aliphatic rings. The summed E-state index contributed by atoms with van der Waals surface area (Å²) in [5.41, 5.74) is 3.54. The smallest absolute Gasteiger partial charge is 0.391 e. The fourth-order valence-corrected chi connectivity index (χ4v) is 1.97. The van der Waals surface area contributed by atoms with E-state index in [-0.39, 0.29) is 6.42 Å². The number of hydrogen-bond donors (Lipinski definition) is 2. The van der Waals surface area contributed by atoms with Crippen molar-refractivity contribution in [2.24, 2.45) is 5.73 Å². The van der Waals surface area contributed by atoms with Gasteiger partial charge in [0.2, 0.25) is 0 Å². The Morgan fingerprint density at radius 2 is 1.95 bits per heavy atom. The highest BCUT2D eigenvalue weighted by atomic mass is 35.5. The second-order valence-corrected chi connectivity index (χ2v) is 4.61. The summed E-state index contributed by atoms with van der Waals surface area (Å²) in [6.07, 6.45) is -5.34. The van der Waals surface area contributed by atoms with Crippen LogP contribution in [0.5, 0.6) is 0 Å². The van der Waals surface area contributed by atoms with E-state index in [4.69, 9.17) is 17.3 Å². The molecule has 0 saturated carbocycles. The Morgan fingerprint density at radius 1 is 1.37 bits per heavy atom. The predicted molar refractivity (Wildman–Crippen MR) is 64.3 cm³/mol. The second-order valence-electron chi connectivity index (χ2n) is 4.20. The summed E-state index contributed by atoms with van der Waals surface area (Å²) in [5.74, 6) is -1.24. The zero-order chi connectivity index (χ0) is 14.8. The highest BCUT2D eigenvalue weighted by Crippen LogP contribution is 2.38. The van der Waals surface area contributed by atoms with E-state index in [0.717, 1.165) is 6.07 Å². The molecule has 0 amide bonds. The van der Waals surface area contributed by atoms with Crippen molar-refractivity contribution in [3.8, 4) is 0 Å². The third-order valence-electron chi connectivity index (χ3n) is 2.77. The lowest BCUT2D eigenvalue weighted by Gasteiger charge is -2.23. The molecule has 108 valence electrons. The van der Waals surface area contributed by atoms with Crippen LogP contribution < -0.4 is 5.73 Å². The van der Waals surface area contributed by atoms with Crippen molar-refractivity contribution in [3.05, 3.63) is 34.1 Å². The van der Waals surface area contributed by atoms with Gasteiger partial charge in [-0.15, -0.1) is 0 Å². The monoisotopic (exact) mass is 299 g/mol. The third kappa shape index (κ3) is 3.58. The lowest BCUT2D eigenvalue weighted by molar-refractivity contribution is -0.138. The molecule has 2 atom stereocenters. The molecule has 1 aromatic carbocycles. The van der Waals surface area contributed by atoms with Gasteiger partial charge >= 0.3 is 6.18 Å². The van der Waals surface area contributed by atoms with E-state index in [1.807, 2.05) is 0 Å². The summed E-state index contributed by atoms with van der Waals surface area (Å²) in [4.78, 5) is 0. The van der Waals surface area contributed by atoms with Crippen LogP contribution in [0.15, 0.2) is 12.1 Å². The molecule has 0 spiro atoms. The molecule has 1 rings (SSSR count). The topological polar surface area (TPSA) is 46.2 Å². The van der Waals surface area contributed by atoms with Crippen LogP contribution in [0.25, 0.3) is 0 Å². The minimum absolute atomic E-state index is 0.171. The average Bonchev–Trinajstić information content (AvgIpc) is 2.30. The Hall–Kier alpha value is -0.850. The first-order chi connectivity index (χ1) is 8.70. The Kier molecular flexibility index (Phi) is 5.18. The lowest BCUT2D eigenvalue weighted by Crippen LogP contribution is -2.29. The number of aliphatic hydroxyl groups is 1. The minimum Gasteiger partial charge on any atom is -0.391 e. The van der Waals surface area contributed by atoms with E-state index in [9.17, 15) is 22.7 Å². The maximum atomic E-state index is 13.8. The first-order valence-corrected chi connectivity index (χ1v) is 6.06. The van der Waals surface area contributed by atoms with Gasteiger partial charge in [-0.25, -0.2) is 4.39 Å². The van der Waals surface area contributed by atoms with Gasteiger partial charge in [0.15, 0.2) is 0 Å². The maximum Gasteiger partial charge on any atom is 0.416 e. The molecule has 1 aromatic rings. The van der Waals surface area contributed by atoms with E-state index in [1.54, 1.807) is 6.92 Å². The highest BCUT2D eigenvalue weighted by molar-refractivity contribution is 6.30. The molecule has 0 radical (unpaired) electrons. The minimum atomic E-state index is -4.76. The van der Waals surface area contributed by atoms with Crippen molar-refractivity contribution < 1.29 is 22.7 Å². The Balaban J connectivity index is 3.34. The summed E-state index contributed by atoms with van der Waals surface area (Å²) < 4.78 is 52.3. The second kappa shape index (κ2) is 6.07.